The Kier molecular flexibility index (Phi) is 5.16. The number of carbonyl (C=O) groups is 2. The molecule has 2 rings (SSSR count). The summed E-state index contributed by atoms with van der Waals surface area (Å²) in [7, 11) is 0. The summed E-state index contributed by atoms with van der Waals surface area (Å²) < 4.78 is 5.55. The van der Waals surface area contributed by atoms with Gasteiger partial charge in [-0.1, -0.05) is 0 Å². The van der Waals surface area contributed by atoms with E-state index < -0.39 is 5.60 Å². The summed E-state index contributed by atoms with van der Waals surface area (Å²) in [6.45, 7) is 5.66. The average molecular weight is 305 g/mol. The third-order valence-electron chi connectivity index (χ3n) is 4.55. The Hall–Kier alpha value is -1.50. The normalized spacial score (nSPS) is 27.9. The molecule has 2 unspecified atom stereocenters. The summed E-state index contributed by atoms with van der Waals surface area (Å²) in [4.78, 5) is 26.6. The largest absolute Gasteiger partial charge is 0.444 e. The molecule has 4 nitrogen and oxygen atoms in total. The number of Topliss-reactive ketones (excluding diaryl/α,β-unsaturated/α-hetero) is 1. The maximum absolute atomic E-state index is 12.5. The summed E-state index contributed by atoms with van der Waals surface area (Å²) >= 11 is 0. The molecular formula is C18H27NO3. The summed E-state index contributed by atoms with van der Waals surface area (Å²) in [6.07, 6.45) is 10.6. The second-order valence-corrected chi connectivity index (χ2v) is 7.46. The Labute approximate surface area is 133 Å². The van der Waals surface area contributed by atoms with Gasteiger partial charge in [0.25, 0.3) is 0 Å². The van der Waals surface area contributed by atoms with Crippen LogP contribution in [0.2, 0.25) is 0 Å². The number of carbonyl (C=O) groups excluding carboxylic acids is 2. The topological polar surface area (TPSA) is 46.6 Å². The minimum Gasteiger partial charge on any atom is -0.444 e. The first-order chi connectivity index (χ1) is 10.3. The minimum absolute atomic E-state index is 0.0577. The molecule has 2 fully saturated rings. The molecule has 2 atom stereocenters. The fraction of sp³-hybridized carbons (Fsp3) is 0.778. The first kappa shape index (κ1) is 16.9. The second kappa shape index (κ2) is 6.73. The lowest BCUT2D eigenvalue weighted by Gasteiger charge is -2.48. The van der Waals surface area contributed by atoms with Gasteiger partial charge in [-0.05, 0) is 52.9 Å². The molecule has 0 radical (unpaired) electrons. The van der Waals surface area contributed by atoms with Gasteiger partial charge in [0.05, 0.1) is 0 Å². The van der Waals surface area contributed by atoms with Crippen LogP contribution in [0.5, 0.6) is 0 Å². The van der Waals surface area contributed by atoms with Gasteiger partial charge in [0.1, 0.15) is 11.4 Å². The van der Waals surface area contributed by atoms with Crippen molar-refractivity contribution in [3.05, 3.63) is 0 Å². The first-order valence-corrected chi connectivity index (χ1v) is 8.29. The Balaban J connectivity index is 2.04. The first-order valence-electron chi connectivity index (χ1n) is 8.29. The van der Waals surface area contributed by atoms with E-state index in [1.807, 2.05) is 25.7 Å². The molecule has 4 heteroatoms. The van der Waals surface area contributed by atoms with E-state index >= 15 is 0 Å². The van der Waals surface area contributed by atoms with Crippen LogP contribution in [0.1, 0.15) is 65.7 Å². The van der Waals surface area contributed by atoms with Crippen LogP contribution in [0.4, 0.5) is 4.79 Å². The van der Waals surface area contributed by atoms with E-state index in [0.717, 1.165) is 32.1 Å². The number of ketones is 1. The maximum atomic E-state index is 12.5. The van der Waals surface area contributed by atoms with Gasteiger partial charge in [-0.2, -0.15) is 0 Å². The zero-order valence-corrected chi connectivity index (χ0v) is 13.9. The maximum Gasteiger partial charge on any atom is 0.410 e. The number of ether oxygens (including phenoxy) is 1. The van der Waals surface area contributed by atoms with E-state index in [1.54, 1.807) is 0 Å². The van der Waals surface area contributed by atoms with Crippen LogP contribution in [-0.2, 0) is 9.53 Å². The molecule has 2 aliphatic rings. The summed E-state index contributed by atoms with van der Waals surface area (Å²) in [5.74, 6) is 2.86. The average Bonchev–Trinajstić information content (AvgIpc) is 2.41. The van der Waals surface area contributed by atoms with Gasteiger partial charge in [-0.15, -0.1) is 12.3 Å². The highest BCUT2D eigenvalue weighted by molar-refractivity contribution is 5.82. The van der Waals surface area contributed by atoms with Crippen LogP contribution in [-0.4, -0.2) is 34.5 Å². The summed E-state index contributed by atoms with van der Waals surface area (Å²) in [5.41, 5.74) is -0.481. The van der Waals surface area contributed by atoms with E-state index in [1.165, 1.54) is 0 Å². The number of nitrogens with zero attached hydrogens (tertiary/aromatic N) is 1. The van der Waals surface area contributed by atoms with Crippen molar-refractivity contribution in [1.82, 2.24) is 4.90 Å². The Morgan fingerprint density at radius 1 is 1.23 bits per heavy atom. The second-order valence-electron chi connectivity index (χ2n) is 7.46. The third kappa shape index (κ3) is 4.03. The van der Waals surface area contributed by atoms with Crippen molar-refractivity contribution in [1.29, 1.82) is 0 Å². The van der Waals surface area contributed by atoms with E-state index in [-0.39, 0.29) is 29.9 Å². The van der Waals surface area contributed by atoms with Gasteiger partial charge < -0.3 is 9.64 Å². The molecule has 2 bridgehead atoms. The van der Waals surface area contributed by atoms with Crippen molar-refractivity contribution in [3.8, 4) is 12.3 Å². The number of hydrogen-bond donors (Lipinski definition) is 0. The molecule has 0 spiro atoms. The zero-order chi connectivity index (χ0) is 16.3. The van der Waals surface area contributed by atoms with Crippen LogP contribution >= 0.6 is 0 Å². The lowest BCUT2D eigenvalue weighted by atomic mass is 9.76. The van der Waals surface area contributed by atoms with Crippen molar-refractivity contribution < 1.29 is 14.3 Å². The number of fused-ring (bicyclic) bond motifs is 2. The van der Waals surface area contributed by atoms with E-state index in [9.17, 15) is 9.59 Å². The lowest BCUT2D eigenvalue weighted by Crippen LogP contribution is -2.56. The fourth-order valence-corrected chi connectivity index (χ4v) is 3.66. The van der Waals surface area contributed by atoms with Gasteiger partial charge in [0.15, 0.2) is 0 Å². The number of hydrogen-bond acceptors (Lipinski definition) is 3. The predicted molar refractivity (Wildman–Crippen MR) is 85.3 cm³/mol. The van der Waals surface area contributed by atoms with Gasteiger partial charge in [0, 0.05) is 30.8 Å². The van der Waals surface area contributed by atoms with Crippen molar-refractivity contribution in [3.63, 3.8) is 0 Å². The monoisotopic (exact) mass is 305 g/mol. The molecule has 0 N–H and O–H groups in total. The number of piperidine rings is 2. The summed E-state index contributed by atoms with van der Waals surface area (Å²) in [5, 5.41) is 0. The fourth-order valence-electron chi connectivity index (χ4n) is 3.66. The van der Waals surface area contributed by atoms with Crippen LogP contribution in [0, 0.1) is 18.3 Å². The quantitative estimate of drug-likeness (QED) is 0.749. The highest BCUT2D eigenvalue weighted by Gasteiger charge is 2.43. The number of amides is 1. The van der Waals surface area contributed by atoms with Gasteiger partial charge in [-0.3, -0.25) is 4.79 Å². The molecular weight excluding hydrogens is 278 g/mol. The van der Waals surface area contributed by atoms with E-state index in [4.69, 9.17) is 11.2 Å². The molecule has 0 aliphatic carbocycles. The molecule has 122 valence electrons. The SMILES string of the molecule is C#CCCC(=O)C1CC2CCCC(C1)N2C(=O)OC(C)(C)C. The third-order valence-corrected chi connectivity index (χ3v) is 4.55. The van der Waals surface area contributed by atoms with Gasteiger partial charge in [0.2, 0.25) is 0 Å². The Morgan fingerprint density at radius 3 is 2.32 bits per heavy atom. The highest BCUT2D eigenvalue weighted by atomic mass is 16.6. The molecule has 0 aromatic carbocycles. The molecule has 2 heterocycles. The van der Waals surface area contributed by atoms with Crippen LogP contribution < -0.4 is 0 Å². The molecule has 0 aromatic rings. The molecule has 0 aromatic heterocycles. The predicted octanol–water partition coefficient (Wildman–Crippen LogP) is 3.54. The Morgan fingerprint density at radius 2 is 1.82 bits per heavy atom. The highest BCUT2D eigenvalue weighted by Crippen LogP contribution is 2.38. The van der Waals surface area contributed by atoms with Gasteiger partial charge >= 0.3 is 6.09 Å². The van der Waals surface area contributed by atoms with Crippen molar-refractivity contribution in [2.24, 2.45) is 5.92 Å². The van der Waals surface area contributed by atoms with E-state index in [2.05, 4.69) is 5.92 Å². The van der Waals surface area contributed by atoms with Crippen molar-refractivity contribution in [2.45, 2.75) is 83.4 Å². The molecule has 22 heavy (non-hydrogen) atoms. The smallest absolute Gasteiger partial charge is 0.410 e. The lowest BCUT2D eigenvalue weighted by molar-refractivity contribution is -0.126. The van der Waals surface area contributed by atoms with Crippen LogP contribution in [0.3, 0.4) is 0 Å². The van der Waals surface area contributed by atoms with Crippen LogP contribution in [0.15, 0.2) is 0 Å². The van der Waals surface area contributed by atoms with Crippen molar-refractivity contribution in [2.75, 3.05) is 0 Å². The van der Waals surface area contributed by atoms with Crippen molar-refractivity contribution >= 4 is 11.9 Å². The molecule has 1 amide bonds. The van der Waals surface area contributed by atoms with Crippen LogP contribution in [0.25, 0.3) is 0 Å². The molecule has 0 saturated carbocycles. The summed E-state index contributed by atoms with van der Waals surface area (Å²) in [6, 6.07) is 0.282. The van der Waals surface area contributed by atoms with E-state index in [0.29, 0.717) is 12.8 Å². The van der Waals surface area contributed by atoms with Gasteiger partial charge in [-0.25, -0.2) is 4.79 Å². The zero-order valence-electron chi connectivity index (χ0n) is 13.9. The molecule has 2 aliphatic heterocycles. The number of rotatable bonds is 3. The number of terminal acetylenes is 1. The Bertz CT molecular complexity index is 458. The molecule has 2 saturated heterocycles. The minimum atomic E-state index is -0.481. The standard InChI is InChI=1S/C18H27NO3/c1-5-6-10-16(20)13-11-14-8-7-9-15(12-13)19(14)17(21)22-18(2,3)4/h1,13-15H,6-12H2,2-4H3.